The molecule has 0 spiro atoms. The van der Waals surface area contributed by atoms with E-state index in [4.69, 9.17) is 37.0 Å². The minimum Gasteiger partial charge on any atom is -0.462 e. The van der Waals surface area contributed by atoms with Crippen LogP contribution in [0.3, 0.4) is 0 Å². The molecule has 0 aromatic carbocycles. The highest BCUT2D eigenvalue weighted by atomic mass is 31.2. The Balaban J connectivity index is 5.20. The summed E-state index contributed by atoms with van der Waals surface area (Å²) in [5, 5.41) is 10.6. The molecule has 0 saturated carbocycles. The van der Waals surface area contributed by atoms with Crippen molar-refractivity contribution in [2.24, 2.45) is 5.92 Å². The topological polar surface area (TPSA) is 237 Å². The van der Waals surface area contributed by atoms with Gasteiger partial charge in [-0.1, -0.05) is 324 Å². The van der Waals surface area contributed by atoms with Crippen LogP contribution in [0.2, 0.25) is 0 Å². The summed E-state index contributed by atoms with van der Waals surface area (Å²) in [4.78, 5) is 72.5. The van der Waals surface area contributed by atoms with Crippen molar-refractivity contribution in [3.8, 4) is 0 Å². The Morgan fingerprint density at radius 2 is 0.505 bits per heavy atom. The molecule has 0 radical (unpaired) electrons. The van der Waals surface area contributed by atoms with Gasteiger partial charge in [-0.3, -0.25) is 37.3 Å². The van der Waals surface area contributed by atoms with Crippen LogP contribution in [0, 0.1) is 5.92 Å². The molecule has 0 aliphatic carbocycles. The summed E-state index contributed by atoms with van der Waals surface area (Å²) in [6, 6.07) is 0. The van der Waals surface area contributed by atoms with Crippen molar-refractivity contribution >= 4 is 39.5 Å². The number of ether oxygens (including phenoxy) is 4. The molecule has 0 aromatic heterocycles. The van der Waals surface area contributed by atoms with Crippen molar-refractivity contribution < 1.29 is 80.2 Å². The summed E-state index contributed by atoms with van der Waals surface area (Å²) >= 11 is 0. The van der Waals surface area contributed by atoms with Crippen LogP contribution in [-0.2, 0) is 65.4 Å². The maximum Gasteiger partial charge on any atom is 0.472 e. The Morgan fingerprint density at radius 1 is 0.297 bits per heavy atom. The summed E-state index contributed by atoms with van der Waals surface area (Å²) in [6.07, 6.45) is 52.7. The second-order valence-corrected chi connectivity index (χ2v) is 29.4. The fourth-order valence-corrected chi connectivity index (χ4v) is 12.6. The Bertz CT molecular complexity index is 1750. The largest absolute Gasteiger partial charge is 0.472 e. The third-order valence-electron chi connectivity index (χ3n) is 16.8. The van der Waals surface area contributed by atoms with Crippen molar-refractivity contribution in [2.75, 3.05) is 39.6 Å². The lowest BCUT2D eigenvalue weighted by molar-refractivity contribution is -0.161. The molecular weight excluding hydrogens is 1200 g/mol. The number of hydrogen-bond acceptors (Lipinski definition) is 15. The number of unbranched alkanes of at least 4 members (excludes halogenated alkanes) is 44. The Kier molecular flexibility index (Phi) is 64.0. The van der Waals surface area contributed by atoms with Crippen LogP contribution in [-0.4, -0.2) is 96.7 Å². The van der Waals surface area contributed by atoms with E-state index in [1.807, 2.05) is 0 Å². The molecular formula is C72H140O17P2. The van der Waals surface area contributed by atoms with E-state index >= 15 is 0 Å². The summed E-state index contributed by atoms with van der Waals surface area (Å²) < 4.78 is 68.3. The molecule has 0 heterocycles. The molecule has 2 unspecified atom stereocenters. The van der Waals surface area contributed by atoms with Gasteiger partial charge in [0.25, 0.3) is 0 Å². The molecule has 17 nitrogen and oxygen atoms in total. The van der Waals surface area contributed by atoms with Gasteiger partial charge in [0.05, 0.1) is 26.4 Å². The Hall–Kier alpha value is -1.94. The summed E-state index contributed by atoms with van der Waals surface area (Å²) in [6.45, 7) is 7.25. The number of carbonyl (C=O) groups is 4. The highest BCUT2D eigenvalue weighted by Gasteiger charge is 2.30. The summed E-state index contributed by atoms with van der Waals surface area (Å²) in [5.74, 6) is -1.33. The molecule has 5 atom stereocenters. The molecule has 0 aromatic rings. The van der Waals surface area contributed by atoms with Crippen molar-refractivity contribution in [2.45, 2.75) is 393 Å². The molecule has 0 fully saturated rings. The zero-order valence-electron chi connectivity index (χ0n) is 59.0. The quantitative estimate of drug-likeness (QED) is 0.0222. The zero-order valence-corrected chi connectivity index (χ0v) is 60.8. The van der Waals surface area contributed by atoms with E-state index in [1.54, 1.807) is 0 Å². The van der Waals surface area contributed by atoms with Gasteiger partial charge in [-0.25, -0.2) is 9.13 Å². The average Bonchev–Trinajstić information content (AvgIpc) is 3.62. The molecule has 0 saturated heterocycles. The lowest BCUT2D eigenvalue weighted by Gasteiger charge is -2.21. The van der Waals surface area contributed by atoms with Crippen molar-refractivity contribution in [1.82, 2.24) is 0 Å². The minimum atomic E-state index is -4.95. The van der Waals surface area contributed by atoms with E-state index in [9.17, 15) is 43.2 Å². The molecule has 540 valence electrons. The van der Waals surface area contributed by atoms with Crippen LogP contribution in [0.1, 0.15) is 375 Å². The molecule has 0 amide bonds. The highest BCUT2D eigenvalue weighted by Crippen LogP contribution is 2.45. The van der Waals surface area contributed by atoms with E-state index in [-0.39, 0.29) is 25.7 Å². The Morgan fingerprint density at radius 3 is 0.747 bits per heavy atom. The molecule has 19 heteroatoms. The van der Waals surface area contributed by atoms with Gasteiger partial charge in [-0.05, 0) is 31.6 Å². The molecule has 0 bridgehead atoms. The molecule has 3 N–H and O–H groups in total. The average molecular weight is 1340 g/mol. The third kappa shape index (κ3) is 66.5. The van der Waals surface area contributed by atoms with Gasteiger partial charge in [-0.15, -0.1) is 0 Å². The lowest BCUT2D eigenvalue weighted by atomic mass is 10.0. The normalized spacial score (nSPS) is 14.0. The van der Waals surface area contributed by atoms with Crippen molar-refractivity contribution in [3.05, 3.63) is 0 Å². The second-order valence-electron chi connectivity index (χ2n) is 26.5. The number of phosphoric acid groups is 2. The fourth-order valence-electron chi connectivity index (χ4n) is 11.0. The number of phosphoric ester groups is 2. The maximum absolute atomic E-state index is 13.0. The van der Waals surface area contributed by atoms with Crippen LogP contribution < -0.4 is 0 Å². The number of aliphatic hydroxyl groups excluding tert-OH is 1. The molecule has 91 heavy (non-hydrogen) atoms. The van der Waals surface area contributed by atoms with Gasteiger partial charge in [0.2, 0.25) is 0 Å². The van der Waals surface area contributed by atoms with E-state index in [0.717, 1.165) is 109 Å². The predicted molar refractivity (Wildman–Crippen MR) is 368 cm³/mol. The number of hydrogen-bond donors (Lipinski definition) is 3. The smallest absolute Gasteiger partial charge is 0.462 e. The van der Waals surface area contributed by atoms with E-state index in [2.05, 4.69) is 34.6 Å². The number of esters is 4. The maximum atomic E-state index is 13.0. The Labute approximate surface area is 556 Å². The van der Waals surface area contributed by atoms with Crippen molar-refractivity contribution in [1.29, 1.82) is 0 Å². The van der Waals surface area contributed by atoms with Crippen molar-refractivity contribution in [3.63, 3.8) is 0 Å². The lowest BCUT2D eigenvalue weighted by Crippen LogP contribution is -2.30. The monoisotopic (exact) mass is 1340 g/mol. The van der Waals surface area contributed by atoms with Crippen LogP contribution >= 0.6 is 15.6 Å². The SMILES string of the molecule is CCCCCCCCCCCCCCCCC(=O)OC[C@H](COP(=O)(O)OC[C@@H](O)COP(=O)(O)OC[C@@H](COC(=O)CCCCCCCCC)OC(=O)CCCCCCCCCCCCCCC)OC(=O)CCCCCCCCCCCCCCCCC(C)C. The first kappa shape index (κ1) is 89.1. The standard InChI is InChI=1S/C72H140O17P2/c1-6-9-12-15-18-20-22-24-29-32-36-41-46-51-56-70(75)83-62-68(89-72(77)58-53-48-43-38-34-30-26-25-28-31-35-40-44-49-54-65(4)5)64-87-91(80,81)85-60-66(73)59-84-90(78,79)86-63-67(61-82-69(74)55-50-45-39-17-14-11-8-3)88-71(76)57-52-47-42-37-33-27-23-21-19-16-13-10-7-2/h65-68,73H,6-64H2,1-5H3,(H,78,79)(H,80,81)/t66-,67+,68+/m0/s1. The molecule has 0 aliphatic rings. The third-order valence-corrected chi connectivity index (χ3v) is 18.7. The van der Waals surface area contributed by atoms with Gasteiger partial charge in [0, 0.05) is 25.7 Å². The number of aliphatic hydroxyl groups is 1. The molecule has 0 rings (SSSR count). The van der Waals surface area contributed by atoms with Gasteiger partial charge in [0.15, 0.2) is 12.2 Å². The van der Waals surface area contributed by atoms with Crippen LogP contribution in [0.15, 0.2) is 0 Å². The minimum absolute atomic E-state index is 0.107. The first-order chi connectivity index (χ1) is 44.0. The highest BCUT2D eigenvalue weighted by molar-refractivity contribution is 7.47. The van der Waals surface area contributed by atoms with E-state index < -0.39 is 97.5 Å². The van der Waals surface area contributed by atoms with Crippen LogP contribution in [0.4, 0.5) is 0 Å². The summed E-state index contributed by atoms with van der Waals surface area (Å²) in [7, 11) is -9.90. The fraction of sp³-hybridized carbons (Fsp3) is 0.944. The van der Waals surface area contributed by atoms with Gasteiger partial charge >= 0.3 is 39.5 Å². The van der Waals surface area contributed by atoms with Crippen LogP contribution in [0.5, 0.6) is 0 Å². The van der Waals surface area contributed by atoms with E-state index in [0.29, 0.717) is 25.7 Å². The zero-order chi connectivity index (χ0) is 67.0. The number of carbonyl (C=O) groups excluding carboxylic acids is 4. The van der Waals surface area contributed by atoms with E-state index in [1.165, 1.54) is 186 Å². The van der Waals surface area contributed by atoms with Gasteiger partial charge in [0.1, 0.15) is 19.3 Å². The first-order valence-corrected chi connectivity index (χ1v) is 40.6. The first-order valence-electron chi connectivity index (χ1n) is 37.6. The van der Waals surface area contributed by atoms with Gasteiger partial charge in [-0.2, -0.15) is 0 Å². The van der Waals surface area contributed by atoms with Gasteiger partial charge < -0.3 is 33.8 Å². The number of rotatable bonds is 72. The molecule has 0 aliphatic heterocycles. The summed E-state index contributed by atoms with van der Waals surface area (Å²) in [5.41, 5.74) is 0. The second kappa shape index (κ2) is 65.4. The van der Waals surface area contributed by atoms with Crippen LogP contribution in [0.25, 0.3) is 0 Å². The predicted octanol–water partition coefficient (Wildman–Crippen LogP) is 20.9.